The highest BCUT2D eigenvalue weighted by Gasteiger charge is 2.56. The summed E-state index contributed by atoms with van der Waals surface area (Å²) < 4.78 is 0. The fourth-order valence-electron chi connectivity index (χ4n) is 6.92. The molecule has 4 N–H and O–H groups in total. The van der Waals surface area contributed by atoms with Crippen molar-refractivity contribution in [2.24, 2.45) is 29.1 Å². The number of carbonyl (C=O) groups excluding carboxylic acids is 1. The summed E-state index contributed by atoms with van der Waals surface area (Å²) >= 11 is 0. The maximum absolute atomic E-state index is 13.0. The molecule has 2 unspecified atom stereocenters. The van der Waals surface area contributed by atoms with Crippen molar-refractivity contribution < 1.29 is 25.2 Å². The number of allylic oxidation sites excluding steroid dienone is 2. The Bertz CT molecular complexity index is 793. The lowest BCUT2D eigenvalue weighted by atomic mass is 9.57. The summed E-state index contributed by atoms with van der Waals surface area (Å²) in [6.45, 7) is 5.80. The Labute approximate surface area is 179 Å². The summed E-state index contributed by atoms with van der Waals surface area (Å²) in [6.07, 6.45) is 7.14. The van der Waals surface area contributed by atoms with Crippen LogP contribution in [0.15, 0.2) is 34.9 Å². The molecule has 0 aliphatic heterocycles. The van der Waals surface area contributed by atoms with Crippen LogP contribution in [0, 0.1) is 29.1 Å². The molecule has 9 atom stereocenters. The van der Waals surface area contributed by atoms with E-state index in [1.54, 1.807) is 13.0 Å². The maximum atomic E-state index is 13.0. The molecule has 5 nitrogen and oxygen atoms in total. The Morgan fingerprint density at radius 2 is 2.00 bits per heavy atom. The van der Waals surface area contributed by atoms with Crippen LogP contribution in [0.5, 0.6) is 0 Å². The smallest absolute Gasteiger partial charge is 0.159 e. The van der Waals surface area contributed by atoms with Crippen LogP contribution < -0.4 is 0 Å². The first kappa shape index (κ1) is 21.9. The van der Waals surface area contributed by atoms with Crippen LogP contribution in [0.1, 0.15) is 59.3 Å². The van der Waals surface area contributed by atoms with Gasteiger partial charge in [-0.1, -0.05) is 35.8 Å². The Hall–Kier alpha value is -1.27. The summed E-state index contributed by atoms with van der Waals surface area (Å²) in [5.74, 6) is 0.205. The van der Waals surface area contributed by atoms with E-state index < -0.39 is 24.4 Å². The van der Waals surface area contributed by atoms with Crippen LogP contribution in [0.25, 0.3) is 0 Å². The Morgan fingerprint density at radius 1 is 1.27 bits per heavy atom. The Kier molecular flexibility index (Phi) is 5.86. The van der Waals surface area contributed by atoms with Crippen molar-refractivity contribution in [3.05, 3.63) is 34.9 Å². The summed E-state index contributed by atoms with van der Waals surface area (Å²) in [6, 6.07) is 0. The first-order valence-electron chi connectivity index (χ1n) is 11.5. The highest BCUT2D eigenvalue weighted by Crippen LogP contribution is 2.62. The number of aliphatic hydroxyl groups excluding tert-OH is 4. The monoisotopic (exact) mass is 416 g/mol. The SMILES string of the molecule is C/C(=C\C(O)C(C)O)[C@H]1CC[C@H]2C3=CC(=O)[C@H]4CC(=CC[C@H](O)C4)[C@H]3[C@H](O)C[C@]12C. The second-order valence-corrected chi connectivity index (χ2v) is 10.4. The summed E-state index contributed by atoms with van der Waals surface area (Å²) in [5.41, 5.74) is 3.08. The molecule has 2 fully saturated rings. The van der Waals surface area contributed by atoms with Crippen LogP contribution in [0.2, 0.25) is 0 Å². The van der Waals surface area contributed by atoms with Gasteiger partial charge in [0, 0.05) is 11.8 Å². The van der Waals surface area contributed by atoms with E-state index in [0.717, 1.165) is 29.6 Å². The molecule has 0 amide bonds. The van der Waals surface area contributed by atoms with E-state index >= 15 is 0 Å². The fraction of sp³-hybridized carbons (Fsp3) is 0.720. The predicted octanol–water partition coefficient (Wildman–Crippen LogP) is 2.68. The predicted molar refractivity (Wildman–Crippen MR) is 114 cm³/mol. The minimum atomic E-state index is -0.896. The largest absolute Gasteiger partial charge is 0.393 e. The van der Waals surface area contributed by atoms with Crippen molar-refractivity contribution >= 4 is 5.78 Å². The van der Waals surface area contributed by atoms with Gasteiger partial charge in [-0.05, 0) is 75.7 Å². The fourth-order valence-corrected chi connectivity index (χ4v) is 6.92. The number of ketones is 1. The number of hydrogen-bond donors (Lipinski definition) is 4. The molecule has 2 saturated carbocycles. The average Bonchev–Trinajstić information content (AvgIpc) is 2.79. The summed E-state index contributed by atoms with van der Waals surface area (Å²) in [7, 11) is 0. The molecule has 30 heavy (non-hydrogen) atoms. The first-order chi connectivity index (χ1) is 14.1. The third kappa shape index (κ3) is 3.64. The summed E-state index contributed by atoms with van der Waals surface area (Å²) in [4.78, 5) is 13.0. The normalized spacial score (nSPS) is 43.6. The van der Waals surface area contributed by atoms with E-state index in [-0.39, 0.29) is 34.9 Å². The third-order valence-corrected chi connectivity index (χ3v) is 8.41. The lowest BCUT2D eigenvalue weighted by molar-refractivity contribution is -0.119. The highest BCUT2D eigenvalue weighted by atomic mass is 16.3. The molecule has 4 aliphatic carbocycles. The van der Waals surface area contributed by atoms with E-state index in [9.17, 15) is 25.2 Å². The van der Waals surface area contributed by atoms with Crippen LogP contribution in [-0.4, -0.2) is 50.6 Å². The highest BCUT2D eigenvalue weighted by molar-refractivity contribution is 5.93. The van der Waals surface area contributed by atoms with E-state index in [1.165, 1.54) is 0 Å². The topological polar surface area (TPSA) is 98.0 Å². The zero-order valence-corrected chi connectivity index (χ0v) is 18.3. The number of carbonyl (C=O) groups is 1. The van der Waals surface area contributed by atoms with Gasteiger partial charge < -0.3 is 20.4 Å². The van der Waals surface area contributed by atoms with Crippen LogP contribution in [0.4, 0.5) is 0 Å². The van der Waals surface area contributed by atoms with Crippen molar-refractivity contribution in [2.75, 3.05) is 0 Å². The molecule has 0 aromatic rings. The van der Waals surface area contributed by atoms with E-state index in [1.807, 2.05) is 13.0 Å². The number of rotatable bonds is 3. The standard InChI is InChI=1S/C25H36O5/c1-13(8-21(28)14(2)26)19-6-7-20-18-11-22(29)16-9-15(4-5-17(27)10-16)24(18)23(30)12-25(19,20)3/h4,8,11,14,16-17,19-21,23-24,26-28,30H,5-7,9-10,12H2,1-3H3/b13-8+/t14?,16-,17-,19+,20-,21?,23+,24+,25+/m0/s1. The van der Waals surface area contributed by atoms with Gasteiger partial charge in [-0.2, -0.15) is 0 Å². The average molecular weight is 417 g/mol. The van der Waals surface area contributed by atoms with Crippen molar-refractivity contribution in [1.82, 2.24) is 0 Å². The molecule has 0 heterocycles. The lowest BCUT2D eigenvalue weighted by Gasteiger charge is -2.48. The molecule has 5 heteroatoms. The lowest BCUT2D eigenvalue weighted by Crippen LogP contribution is -2.45. The zero-order valence-electron chi connectivity index (χ0n) is 18.3. The molecule has 2 bridgehead atoms. The first-order valence-corrected chi connectivity index (χ1v) is 11.5. The van der Waals surface area contributed by atoms with Gasteiger partial charge in [0.15, 0.2) is 5.78 Å². The second-order valence-electron chi connectivity index (χ2n) is 10.4. The number of aliphatic hydroxyl groups is 4. The molecule has 4 aliphatic rings. The van der Waals surface area contributed by atoms with Gasteiger partial charge in [-0.15, -0.1) is 0 Å². The number of hydrogen-bond acceptors (Lipinski definition) is 5. The van der Waals surface area contributed by atoms with Gasteiger partial charge in [0.25, 0.3) is 0 Å². The molecule has 0 saturated heterocycles. The molecule has 0 spiro atoms. The van der Waals surface area contributed by atoms with Crippen LogP contribution in [0.3, 0.4) is 0 Å². The number of fused-ring (bicyclic) bond motifs is 6. The third-order valence-electron chi connectivity index (χ3n) is 8.41. The van der Waals surface area contributed by atoms with Crippen molar-refractivity contribution in [3.63, 3.8) is 0 Å². The van der Waals surface area contributed by atoms with Gasteiger partial charge in [0.05, 0.1) is 24.4 Å². The molecule has 0 aromatic carbocycles. The second kappa shape index (κ2) is 8.01. The van der Waals surface area contributed by atoms with E-state index in [2.05, 4.69) is 13.0 Å². The Morgan fingerprint density at radius 3 is 2.70 bits per heavy atom. The molecule has 0 aromatic heterocycles. The quantitative estimate of drug-likeness (QED) is 0.530. The minimum absolute atomic E-state index is 0.0936. The van der Waals surface area contributed by atoms with Gasteiger partial charge in [0.2, 0.25) is 0 Å². The molecule has 4 rings (SSSR count). The minimum Gasteiger partial charge on any atom is -0.393 e. The van der Waals surface area contributed by atoms with Gasteiger partial charge in [0.1, 0.15) is 0 Å². The van der Waals surface area contributed by atoms with Crippen LogP contribution in [-0.2, 0) is 4.79 Å². The van der Waals surface area contributed by atoms with E-state index in [4.69, 9.17) is 0 Å². The molecule has 0 radical (unpaired) electrons. The Balaban J connectivity index is 1.70. The van der Waals surface area contributed by atoms with Gasteiger partial charge in [-0.25, -0.2) is 0 Å². The van der Waals surface area contributed by atoms with Crippen molar-refractivity contribution in [2.45, 2.75) is 83.7 Å². The van der Waals surface area contributed by atoms with E-state index in [0.29, 0.717) is 25.7 Å². The van der Waals surface area contributed by atoms with Gasteiger partial charge >= 0.3 is 0 Å². The summed E-state index contributed by atoms with van der Waals surface area (Å²) in [5, 5.41) is 41.3. The van der Waals surface area contributed by atoms with Gasteiger partial charge in [-0.3, -0.25) is 4.79 Å². The van der Waals surface area contributed by atoms with Crippen molar-refractivity contribution in [3.8, 4) is 0 Å². The molecule has 166 valence electrons. The van der Waals surface area contributed by atoms with Crippen molar-refractivity contribution in [1.29, 1.82) is 0 Å². The maximum Gasteiger partial charge on any atom is 0.159 e. The van der Waals surface area contributed by atoms with Crippen LogP contribution >= 0.6 is 0 Å². The zero-order chi connectivity index (χ0) is 21.8. The molecular weight excluding hydrogens is 380 g/mol. The molecular formula is C25H36O5.